The van der Waals surface area contributed by atoms with Crippen molar-refractivity contribution in [2.75, 3.05) is 11.5 Å². The van der Waals surface area contributed by atoms with Crippen molar-refractivity contribution >= 4 is 47.0 Å². The van der Waals surface area contributed by atoms with Gasteiger partial charge < -0.3 is 9.84 Å². The van der Waals surface area contributed by atoms with Crippen molar-refractivity contribution in [3.05, 3.63) is 95.1 Å². The summed E-state index contributed by atoms with van der Waals surface area (Å²) in [5.41, 5.74) is 1.95. The first-order valence-corrected chi connectivity index (χ1v) is 11.9. The summed E-state index contributed by atoms with van der Waals surface area (Å²) in [4.78, 5) is 63.0. The molecule has 0 aromatic heterocycles. The minimum absolute atomic E-state index is 0.0601. The molecule has 0 radical (unpaired) electrons. The van der Waals surface area contributed by atoms with Gasteiger partial charge in [-0.05, 0) is 43.3 Å². The molecule has 1 heterocycles. The molecular weight excluding hydrogens is 482 g/mol. The van der Waals surface area contributed by atoms with Gasteiger partial charge in [0, 0.05) is 16.9 Å². The minimum atomic E-state index is -1.12. The zero-order valence-corrected chi connectivity index (χ0v) is 20.0. The van der Waals surface area contributed by atoms with E-state index in [1.165, 1.54) is 30.3 Å². The minimum Gasteiger partial charge on any atom is -0.478 e. The summed E-state index contributed by atoms with van der Waals surface area (Å²) in [6.07, 6.45) is -0.0810. The van der Waals surface area contributed by atoms with Crippen LogP contribution in [0.4, 0.5) is 5.69 Å². The number of aryl methyl sites for hydroxylation is 1. The van der Waals surface area contributed by atoms with Crippen LogP contribution in [-0.2, 0) is 14.3 Å². The Morgan fingerprint density at radius 2 is 1.58 bits per heavy atom. The molecule has 1 saturated heterocycles. The molecule has 1 aliphatic rings. The highest BCUT2D eigenvalue weighted by molar-refractivity contribution is 8.00. The number of aromatic carboxylic acids is 1. The van der Waals surface area contributed by atoms with Crippen molar-refractivity contribution in [1.82, 2.24) is 0 Å². The number of imide groups is 1. The molecule has 4 rings (SSSR count). The van der Waals surface area contributed by atoms with Crippen LogP contribution in [0.1, 0.15) is 43.1 Å². The summed E-state index contributed by atoms with van der Waals surface area (Å²) >= 11 is 1.03. The first-order chi connectivity index (χ1) is 17.2. The molecule has 1 atom stereocenters. The van der Waals surface area contributed by atoms with Crippen LogP contribution in [-0.4, -0.2) is 46.5 Å². The Morgan fingerprint density at radius 1 is 0.944 bits per heavy atom. The highest BCUT2D eigenvalue weighted by Crippen LogP contribution is 2.35. The Kier molecular flexibility index (Phi) is 7.30. The lowest BCUT2D eigenvalue weighted by Crippen LogP contribution is -2.31. The molecule has 1 aliphatic heterocycles. The van der Waals surface area contributed by atoms with E-state index in [4.69, 9.17) is 4.74 Å². The molecular formula is C27H21NO7S. The summed E-state index contributed by atoms with van der Waals surface area (Å²) in [6.45, 7) is 1.49. The van der Waals surface area contributed by atoms with Gasteiger partial charge in [-0.1, -0.05) is 42.0 Å². The number of ether oxygens (including phenoxy) is 1. The van der Waals surface area contributed by atoms with Gasteiger partial charge in [-0.3, -0.25) is 14.4 Å². The second kappa shape index (κ2) is 10.6. The zero-order valence-electron chi connectivity index (χ0n) is 19.2. The molecule has 2 amide bonds. The molecule has 1 unspecified atom stereocenters. The second-order valence-corrected chi connectivity index (χ2v) is 9.34. The average molecular weight is 504 g/mol. The normalized spacial score (nSPS) is 15.1. The van der Waals surface area contributed by atoms with Gasteiger partial charge in [-0.25, -0.2) is 14.5 Å². The van der Waals surface area contributed by atoms with Gasteiger partial charge in [-0.15, -0.1) is 11.8 Å². The fourth-order valence-electron chi connectivity index (χ4n) is 3.65. The monoisotopic (exact) mass is 503 g/mol. The number of thioether (sulfide) groups is 1. The lowest BCUT2D eigenvalue weighted by molar-refractivity contribution is -0.121. The smallest absolute Gasteiger partial charge is 0.338 e. The Bertz CT molecular complexity index is 1350. The number of rotatable bonds is 8. The quantitative estimate of drug-likeness (QED) is 0.277. The van der Waals surface area contributed by atoms with Gasteiger partial charge in [0.1, 0.15) is 0 Å². The number of nitrogens with zero attached hydrogens (tertiary/aromatic N) is 1. The average Bonchev–Trinajstić information content (AvgIpc) is 3.15. The van der Waals surface area contributed by atoms with Crippen LogP contribution in [0.3, 0.4) is 0 Å². The van der Waals surface area contributed by atoms with E-state index in [1.807, 2.05) is 6.92 Å². The van der Waals surface area contributed by atoms with Gasteiger partial charge >= 0.3 is 11.9 Å². The third-order valence-corrected chi connectivity index (χ3v) is 6.82. The van der Waals surface area contributed by atoms with E-state index in [1.54, 1.807) is 42.5 Å². The standard InChI is InChI=1S/C27H21NO7S/c1-16-6-8-17(9-7-16)21(29)15-35-27(34)18-10-12-19(13-11-18)28-24(30)14-23(25(28)31)36-22-5-3-2-4-20(22)26(32)33/h2-13,23H,14-15H2,1H3,(H,32,33). The van der Waals surface area contributed by atoms with Crippen LogP contribution < -0.4 is 4.90 Å². The molecule has 182 valence electrons. The molecule has 8 nitrogen and oxygen atoms in total. The van der Waals surface area contributed by atoms with Crippen molar-refractivity contribution < 1.29 is 33.8 Å². The van der Waals surface area contributed by atoms with Crippen LogP contribution in [0.2, 0.25) is 0 Å². The van der Waals surface area contributed by atoms with E-state index in [0.717, 1.165) is 22.2 Å². The number of hydrogen-bond donors (Lipinski definition) is 1. The first-order valence-electron chi connectivity index (χ1n) is 11.0. The van der Waals surface area contributed by atoms with E-state index in [2.05, 4.69) is 0 Å². The summed E-state index contributed by atoms with van der Waals surface area (Å²) in [5.74, 6) is -3.05. The molecule has 3 aromatic rings. The molecule has 3 aromatic carbocycles. The molecule has 0 bridgehead atoms. The Morgan fingerprint density at radius 3 is 2.25 bits per heavy atom. The van der Waals surface area contributed by atoms with E-state index >= 15 is 0 Å². The lowest BCUT2D eigenvalue weighted by atomic mass is 10.1. The lowest BCUT2D eigenvalue weighted by Gasteiger charge is -2.15. The van der Waals surface area contributed by atoms with Gasteiger partial charge in [0.15, 0.2) is 12.4 Å². The topological polar surface area (TPSA) is 118 Å². The Balaban J connectivity index is 1.40. The molecule has 1 N–H and O–H groups in total. The predicted octanol–water partition coefficient (Wildman–Crippen LogP) is 4.16. The van der Waals surface area contributed by atoms with Crippen LogP contribution in [0, 0.1) is 6.92 Å². The first kappa shape index (κ1) is 24.9. The molecule has 1 fully saturated rings. The van der Waals surface area contributed by atoms with Crippen molar-refractivity contribution in [2.45, 2.75) is 23.5 Å². The van der Waals surface area contributed by atoms with Crippen molar-refractivity contribution in [2.24, 2.45) is 0 Å². The molecule has 0 saturated carbocycles. The number of carbonyl (C=O) groups is 5. The number of carboxylic acids is 1. The molecule has 0 aliphatic carbocycles. The van der Waals surface area contributed by atoms with Gasteiger partial charge in [0.25, 0.3) is 0 Å². The zero-order chi connectivity index (χ0) is 25.8. The number of amides is 2. The van der Waals surface area contributed by atoms with Crippen molar-refractivity contribution in [1.29, 1.82) is 0 Å². The number of anilines is 1. The number of carboxylic acid groups (broad SMARTS) is 1. The van der Waals surface area contributed by atoms with Gasteiger partial charge in [0.05, 0.1) is 22.1 Å². The summed E-state index contributed by atoms with van der Waals surface area (Å²) in [7, 11) is 0. The fourth-order valence-corrected chi connectivity index (χ4v) is 4.83. The highest BCUT2D eigenvalue weighted by atomic mass is 32.2. The number of carbonyl (C=O) groups excluding carboxylic acids is 4. The number of esters is 1. The van der Waals surface area contributed by atoms with Crippen molar-refractivity contribution in [3.8, 4) is 0 Å². The largest absolute Gasteiger partial charge is 0.478 e. The van der Waals surface area contributed by atoms with Crippen LogP contribution in [0.25, 0.3) is 0 Å². The van der Waals surface area contributed by atoms with Gasteiger partial charge in [0.2, 0.25) is 11.8 Å². The third kappa shape index (κ3) is 5.36. The Hall–Kier alpha value is -4.24. The van der Waals surface area contributed by atoms with E-state index in [-0.39, 0.29) is 29.0 Å². The van der Waals surface area contributed by atoms with E-state index < -0.39 is 35.6 Å². The number of hydrogen-bond acceptors (Lipinski definition) is 7. The molecule has 36 heavy (non-hydrogen) atoms. The fraction of sp³-hybridized carbons (Fsp3) is 0.148. The second-order valence-electron chi connectivity index (χ2n) is 8.09. The third-order valence-electron chi connectivity index (χ3n) is 5.56. The maximum absolute atomic E-state index is 13.0. The SMILES string of the molecule is Cc1ccc(C(=O)COC(=O)c2ccc(N3C(=O)CC(Sc4ccccc4C(=O)O)C3=O)cc2)cc1. The number of Topliss-reactive ketones (excluding diaryl/α,β-unsaturated/α-hetero) is 1. The Labute approximate surface area is 210 Å². The summed E-state index contributed by atoms with van der Waals surface area (Å²) in [6, 6.07) is 18.9. The van der Waals surface area contributed by atoms with Crippen LogP contribution >= 0.6 is 11.8 Å². The van der Waals surface area contributed by atoms with E-state index in [0.29, 0.717) is 10.5 Å². The maximum Gasteiger partial charge on any atom is 0.338 e. The van der Waals surface area contributed by atoms with Crippen LogP contribution in [0.15, 0.2) is 77.7 Å². The highest BCUT2D eigenvalue weighted by Gasteiger charge is 2.40. The maximum atomic E-state index is 13.0. The van der Waals surface area contributed by atoms with Gasteiger partial charge in [-0.2, -0.15) is 0 Å². The summed E-state index contributed by atoms with van der Waals surface area (Å²) < 4.78 is 5.11. The molecule has 0 spiro atoms. The molecule has 9 heteroatoms. The van der Waals surface area contributed by atoms with Crippen molar-refractivity contribution in [3.63, 3.8) is 0 Å². The van der Waals surface area contributed by atoms with E-state index in [9.17, 15) is 29.1 Å². The summed E-state index contributed by atoms with van der Waals surface area (Å²) in [5, 5.41) is 8.59. The van der Waals surface area contributed by atoms with Crippen LogP contribution in [0.5, 0.6) is 0 Å². The number of ketones is 1. The number of benzene rings is 3. The predicted molar refractivity (Wildman–Crippen MR) is 132 cm³/mol.